The van der Waals surface area contributed by atoms with Crippen LogP contribution in [-0.4, -0.2) is 32.9 Å². The molecule has 94 valence electrons. The first-order chi connectivity index (χ1) is 9.18. The number of hydrogen-bond donors (Lipinski definition) is 2. The minimum Gasteiger partial charge on any atom is -0.273 e. The molecule has 19 heavy (non-hydrogen) atoms. The van der Waals surface area contributed by atoms with E-state index in [1.807, 2.05) is 0 Å². The molecule has 0 radical (unpaired) electrons. The van der Waals surface area contributed by atoms with Crippen LogP contribution in [0.5, 0.6) is 0 Å². The van der Waals surface area contributed by atoms with E-state index >= 15 is 0 Å². The van der Waals surface area contributed by atoms with Gasteiger partial charge in [-0.05, 0) is 18.2 Å². The van der Waals surface area contributed by atoms with Crippen molar-refractivity contribution in [2.75, 3.05) is 0 Å². The van der Waals surface area contributed by atoms with Crippen molar-refractivity contribution in [2.45, 2.75) is 0 Å². The molecule has 3 rings (SSSR count). The van der Waals surface area contributed by atoms with Gasteiger partial charge in [-0.25, -0.2) is 0 Å². The van der Waals surface area contributed by atoms with Crippen LogP contribution in [0.2, 0.25) is 0 Å². The maximum atomic E-state index is 12.0. The molecule has 2 heterocycles. The van der Waals surface area contributed by atoms with Gasteiger partial charge in [-0.3, -0.25) is 24.9 Å². The number of hydrogen-bond acceptors (Lipinski definition) is 4. The van der Waals surface area contributed by atoms with E-state index in [1.54, 1.807) is 12.1 Å². The zero-order valence-corrected chi connectivity index (χ0v) is 9.58. The second-order valence-corrected chi connectivity index (χ2v) is 3.90. The third-order valence-electron chi connectivity index (χ3n) is 2.75. The lowest BCUT2D eigenvalue weighted by Gasteiger charge is -2.13. The molecule has 7 heteroatoms. The highest BCUT2D eigenvalue weighted by Gasteiger charge is 2.36. The van der Waals surface area contributed by atoms with Crippen molar-refractivity contribution in [3.63, 3.8) is 0 Å². The molecule has 1 aliphatic rings. The summed E-state index contributed by atoms with van der Waals surface area (Å²) < 4.78 is 0. The van der Waals surface area contributed by atoms with Crippen molar-refractivity contribution < 1.29 is 14.4 Å². The zero-order chi connectivity index (χ0) is 13.4. The average molecular weight is 256 g/mol. The fourth-order valence-corrected chi connectivity index (χ4v) is 1.83. The van der Waals surface area contributed by atoms with E-state index in [0.717, 1.165) is 0 Å². The van der Waals surface area contributed by atoms with Gasteiger partial charge in [0, 0.05) is 6.20 Å². The third kappa shape index (κ3) is 1.68. The summed E-state index contributed by atoms with van der Waals surface area (Å²) in [6, 6.07) is 7.83. The number of fused-ring (bicyclic) bond motifs is 1. The Kier molecular flexibility index (Phi) is 2.38. The van der Waals surface area contributed by atoms with Gasteiger partial charge in [0.25, 0.3) is 17.7 Å². The maximum Gasteiger partial charge on any atom is 0.288 e. The molecule has 0 bridgehead atoms. The van der Waals surface area contributed by atoms with Crippen LogP contribution in [0.1, 0.15) is 31.2 Å². The Morgan fingerprint density at radius 2 is 1.74 bits per heavy atom. The number of carbonyl (C=O) groups is 3. The Bertz CT molecular complexity index is 643. The summed E-state index contributed by atoms with van der Waals surface area (Å²) >= 11 is 0. The third-order valence-corrected chi connectivity index (χ3v) is 2.75. The lowest BCUT2D eigenvalue weighted by molar-refractivity contribution is 0.0516. The first-order valence-corrected chi connectivity index (χ1v) is 5.46. The van der Waals surface area contributed by atoms with Crippen LogP contribution in [0.25, 0.3) is 0 Å². The minimum absolute atomic E-state index is 0.163. The van der Waals surface area contributed by atoms with Gasteiger partial charge in [-0.2, -0.15) is 10.1 Å². The molecule has 0 atom stereocenters. The lowest BCUT2D eigenvalue weighted by Crippen LogP contribution is -2.46. The lowest BCUT2D eigenvalue weighted by atomic mass is 10.1. The molecule has 0 aliphatic carbocycles. The number of hydrazine groups is 1. The van der Waals surface area contributed by atoms with Crippen LogP contribution in [0.3, 0.4) is 0 Å². The summed E-state index contributed by atoms with van der Waals surface area (Å²) in [7, 11) is 0. The van der Waals surface area contributed by atoms with Gasteiger partial charge in [0.2, 0.25) is 0 Å². The van der Waals surface area contributed by atoms with Gasteiger partial charge < -0.3 is 0 Å². The molecule has 1 aromatic carbocycles. The average Bonchev–Trinajstić information content (AvgIpc) is 3.03. The fourth-order valence-electron chi connectivity index (χ4n) is 1.83. The van der Waals surface area contributed by atoms with Crippen LogP contribution < -0.4 is 5.43 Å². The summed E-state index contributed by atoms with van der Waals surface area (Å²) in [4.78, 5) is 35.7. The topological polar surface area (TPSA) is 95.2 Å². The Labute approximate surface area is 107 Å². The molecule has 2 N–H and O–H groups in total. The highest BCUT2D eigenvalue weighted by atomic mass is 16.2. The van der Waals surface area contributed by atoms with Gasteiger partial charge >= 0.3 is 0 Å². The highest BCUT2D eigenvalue weighted by molar-refractivity contribution is 6.22. The first-order valence-electron chi connectivity index (χ1n) is 5.46. The molecule has 0 unspecified atom stereocenters. The monoisotopic (exact) mass is 256 g/mol. The number of imide groups is 1. The van der Waals surface area contributed by atoms with Gasteiger partial charge in [-0.15, -0.1) is 0 Å². The van der Waals surface area contributed by atoms with Crippen LogP contribution in [0.15, 0.2) is 36.5 Å². The Balaban J connectivity index is 1.87. The number of aromatic nitrogens is 2. The number of H-pyrrole nitrogens is 1. The van der Waals surface area contributed by atoms with E-state index in [9.17, 15) is 14.4 Å². The normalized spacial score (nSPS) is 13.6. The standard InChI is InChI=1S/C12H8N4O3/c17-10(9-5-6-13-14-9)15-16-11(18)7-3-1-2-4-8(7)12(16)19/h1-6H,(H,13,14)(H,15,17). The number of amides is 3. The Morgan fingerprint density at radius 3 is 2.26 bits per heavy atom. The van der Waals surface area contributed by atoms with Gasteiger partial charge in [-0.1, -0.05) is 12.1 Å². The van der Waals surface area contributed by atoms with E-state index in [4.69, 9.17) is 0 Å². The molecular formula is C12H8N4O3. The van der Waals surface area contributed by atoms with Crippen molar-refractivity contribution in [3.05, 3.63) is 53.3 Å². The fraction of sp³-hybridized carbons (Fsp3) is 0. The molecule has 1 aromatic heterocycles. The summed E-state index contributed by atoms with van der Waals surface area (Å²) in [6.45, 7) is 0. The van der Waals surface area contributed by atoms with E-state index < -0.39 is 17.7 Å². The number of nitrogens with zero attached hydrogens (tertiary/aromatic N) is 2. The number of benzene rings is 1. The summed E-state index contributed by atoms with van der Waals surface area (Å²) in [5.74, 6) is -1.70. The number of nitrogens with one attached hydrogen (secondary N) is 2. The predicted molar refractivity (Wildman–Crippen MR) is 63.0 cm³/mol. The SMILES string of the molecule is O=C(NN1C(=O)c2ccccc2C1=O)c1ccn[nH]1. The zero-order valence-electron chi connectivity index (χ0n) is 9.58. The van der Waals surface area contributed by atoms with Crippen LogP contribution in [0, 0.1) is 0 Å². The Hall–Kier alpha value is -2.96. The maximum absolute atomic E-state index is 12.0. The highest BCUT2D eigenvalue weighted by Crippen LogP contribution is 2.20. The van der Waals surface area contributed by atoms with Crippen molar-refractivity contribution in [1.29, 1.82) is 0 Å². The molecule has 3 amide bonds. The van der Waals surface area contributed by atoms with Gasteiger partial charge in [0.1, 0.15) is 5.69 Å². The van der Waals surface area contributed by atoms with Gasteiger partial charge in [0.15, 0.2) is 0 Å². The van der Waals surface area contributed by atoms with Crippen molar-refractivity contribution in [3.8, 4) is 0 Å². The van der Waals surface area contributed by atoms with Crippen molar-refractivity contribution in [1.82, 2.24) is 20.6 Å². The van der Waals surface area contributed by atoms with E-state index in [1.165, 1.54) is 24.4 Å². The smallest absolute Gasteiger partial charge is 0.273 e. The van der Waals surface area contributed by atoms with Crippen LogP contribution in [-0.2, 0) is 0 Å². The van der Waals surface area contributed by atoms with Gasteiger partial charge in [0.05, 0.1) is 11.1 Å². The largest absolute Gasteiger partial charge is 0.288 e. The molecule has 1 aliphatic heterocycles. The van der Waals surface area contributed by atoms with Crippen molar-refractivity contribution in [2.24, 2.45) is 0 Å². The molecular weight excluding hydrogens is 248 g/mol. The summed E-state index contributed by atoms with van der Waals surface area (Å²) in [5, 5.41) is 6.77. The second-order valence-electron chi connectivity index (χ2n) is 3.90. The molecule has 0 fully saturated rings. The van der Waals surface area contributed by atoms with E-state index in [2.05, 4.69) is 15.6 Å². The van der Waals surface area contributed by atoms with E-state index in [0.29, 0.717) is 5.01 Å². The predicted octanol–water partition coefficient (Wildman–Crippen LogP) is 0.351. The first kappa shape index (κ1) is 11.1. The number of carbonyl (C=O) groups excluding carboxylic acids is 3. The molecule has 0 saturated heterocycles. The van der Waals surface area contributed by atoms with Crippen LogP contribution >= 0.6 is 0 Å². The van der Waals surface area contributed by atoms with Crippen LogP contribution in [0.4, 0.5) is 0 Å². The molecule has 0 spiro atoms. The summed E-state index contributed by atoms with van der Waals surface area (Å²) in [6.07, 6.45) is 1.40. The number of aromatic amines is 1. The minimum atomic E-state index is -0.605. The molecule has 7 nitrogen and oxygen atoms in total. The second kappa shape index (κ2) is 4.05. The Morgan fingerprint density at radius 1 is 1.11 bits per heavy atom. The van der Waals surface area contributed by atoms with E-state index in [-0.39, 0.29) is 16.8 Å². The molecule has 0 saturated carbocycles. The summed E-state index contributed by atoms with van der Waals surface area (Å²) in [5.41, 5.74) is 2.97. The quantitative estimate of drug-likeness (QED) is 0.758. The number of rotatable bonds is 2. The van der Waals surface area contributed by atoms with Crippen molar-refractivity contribution >= 4 is 17.7 Å². The molecule has 2 aromatic rings.